The van der Waals surface area contributed by atoms with Crippen LogP contribution in [0.4, 0.5) is 18.9 Å². The number of halogens is 3. The van der Waals surface area contributed by atoms with E-state index in [1.54, 1.807) is 18.3 Å². The van der Waals surface area contributed by atoms with Gasteiger partial charge in [-0.2, -0.15) is 13.2 Å². The first-order valence-electron chi connectivity index (χ1n) is 4.48. The molecule has 2 rings (SSSR count). The molecule has 0 radical (unpaired) electrons. The molecule has 0 aliphatic carbocycles. The van der Waals surface area contributed by atoms with Gasteiger partial charge in [-0.25, -0.2) is 9.78 Å². The Hall–Kier alpha value is -2.32. The molecular weight excluding hydrogens is 257 g/mol. The summed E-state index contributed by atoms with van der Waals surface area (Å²) in [5.41, 5.74) is 0.642. The summed E-state index contributed by atoms with van der Waals surface area (Å²) in [4.78, 5) is 23.6. The van der Waals surface area contributed by atoms with Crippen molar-refractivity contribution in [3.63, 3.8) is 0 Å². The van der Waals surface area contributed by atoms with E-state index < -0.39 is 12.1 Å². The number of hydrogen-bond donors (Lipinski definition) is 2. The monoisotopic (exact) mass is 264 g/mol. The van der Waals surface area contributed by atoms with Gasteiger partial charge in [0.2, 0.25) is 5.88 Å². The molecule has 6 nitrogen and oxygen atoms in total. The van der Waals surface area contributed by atoms with E-state index in [4.69, 9.17) is 14.6 Å². The summed E-state index contributed by atoms with van der Waals surface area (Å²) in [6, 6.07) is 3.49. The normalized spacial score (nSPS) is 13.4. The molecule has 1 aliphatic rings. The van der Waals surface area contributed by atoms with Gasteiger partial charge < -0.3 is 15.2 Å². The number of ether oxygens (including phenoxy) is 1. The number of nitrogens with one attached hydrogen (secondary N) is 1. The predicted molar refractivity (Wildman–Crippen MR) is 52.1 cm³/mol. The second-order valence-electron chi connectivity index (χ2n) is 3.00. The fourth-order valence-corrected chi connectivity index (χ4v) is 0.921. The number of carboxylic acids is 1. The number of aromatic nitrogens is 1. The van der Waals surface area contributed by atoms with E-state index in [9.17, 15) is 18.0 Å². The molecule has 0 saturated heterocycles. The minimum absolute atomic E-state index is 0.0595. The number of carboxylic acid groups (broad SMARTS) is 1. The molecule has 0 fully saturated rings. The van der Waals surface area contributed by atoms with Crippen LogP contribution >= 0.6 is 0 Å². The molecule has 0 spiro atoms. The molecule has 0 unspecified atom stereocenters. The number of hydrogen-bond acceptors (Lipinski definition) is 4. The van der Waals surface area contributed by atoms with Crippen LogP contribution in [0.25, 0.3) is 0 Å². The summed E-state index contributed by atoms with van der Waals surface area (Å²) in [6.07, 6.45) is -3.46. The maximum atomic E-state index is 10.8. The number of aliphatic carboxylic acids is 1. The molecule has 18 heavy (non-hydrogen) atoms. The van der Waals surface area contributed by atoms with E-state index in [1.165, 1.54) is 0 Å². The van der Waals surface area contributed by atoms with Crippen molar-refractivity contribution in [3.05, 3.63) is 18.3 Å². The molecule has 1 aromatic rings. The average Bonchev–Trinajstić information content (AvgIpc) is 2.28. The zero-order valence-electron chi connectivity index (χ0n) is 8.69. The van der Waals surface area contributed by atoms with Crippen molar-refractivity contribution in [2.75, 3.05) is 11.9 Å². The second kappa shape index (κ2) is 5.34. The van der Waals surface area contributed by atoms with Gasteiger partial charge >= 0.3 is 12.1 Å². The smallest absolute Gasteiger partial charge is 0.475 e. The number of carbonyl (C=O) groups is 2. The highest BCUT2D eigenvalue weighted by Crippen LogP contribution is 2.22. The van der Waals surface area contributed by atoms with Gasteiger partial charge in [-0.05, 0) is 12.1 Å². The van der Waals surface area contributed by atoms with Gasteiger partial charge in [0.1, 0.15) is 5.69 Å². The largest absolute Gasteiger partial charge is 0.490 e. The summed E-state index contributed by atoms with van der Waals surface area (Å²) >= 11 is 0. The van der Waals surface area contributed by atoms with E-state index in [0.717, 1.165) is 0 Å². The number of fused-ring (bicyclic) bond motifs is 1. The lowest BCUT2D eigenvalue weighted by Crippen LogP contribution is -2.25. The van der Waals surface area contributed by atoms with Crippen molar-refractivity contribution in [2.24, 2.45) is 0 Å². The molecular formula is C9H7F3N2O4. The zero-order chi connectivity index (χ0) is 13.8. The average molecular weight is 264 g/mol. The predicted octanol–water partition coefficient (Wildman–Crippen LogP) is 1.05. The second-order valence-corrected chi connectivity index (χ2v) is 3.00. The van der Waals surface area contributed by atoms with E-state index in [0.29, 0.717) is 11.6 Å². The van der Waals surface area contributed by atoms with Crippen molar-refractivity contribution >= 4 is 17.6 Å². The van der Waals surface area contributed by atoms with Gasteiger partial charge in [0.15, 0.2) is 6.61 Å². The molecule has 0 atom stereocenters. The SMILES string of the molecule is O=C(O)C(F)(F)F.O=C1COc2ncccc2N1. The quantitative estimate of drug-likeness (QED) is 0.731. The third kappa shape index (κ3) is 3.92. The summed E-state index contributed by atoms with van der Waals surface area (Å²) in [5.74, 6) is -2.40. The minimum atomic E-state index is -5.08. The lowest BCUT2D eigenvalue weighted by atomic mass is 10.3. The highest BCUT2D eigenvalue weighted by atomic mass is 19.4. The van der Waals surface area contributed by atoms with E-state index in [2.05, 4.69) is 10.3 Å². The van der Waals surface area contributed by atoms with Gasteiger partial charge in [-0.15, -0.1) is 0 Å². The molecule has 98 valence electrons. The van der Waals surface area contributed by atoms with Crippen LogP contribution in [-0.4, -0.2) is 34.8 Å². The standard InChI is InChI=1S/C7H6N2O2.C2HF3O2/c10-6-4-11-7-5(9-6)2-1-3-8-7;3-2(4,5)1(6)7/h1-3H,4H2,(H,9,10);(H,6,7). The fraction of sp³-hybridized carbons (Fsp3) is 0.222. The summed E-state index contributed by atoms with van der Waals surface area (Å²) in [6.45, 7) is 0.0595. The Labute approximate surface area is 98.4 Å². The lowest BCUT2D eigenvalue weighted by molar-refractivity contribution is -0.192. The molecule has 9 heteroatoms. The summed E-state index contributed by atoms with van der Waals surface area (Å²) < 4.78 is 36.7. The van der Waals surface area contributed by atoms with Crippen molar-refractivity contribution in [2.45, 2.75) is 6.18 Å². The van der Waals surface area contributed by atoms with Gasteiger partial charge in [0.05, 0.1) is 0 Å². The molecule has 0 bridgehead atoms. The van der Waals surface area contributed by atoms with E-state index >= 15 is 0 Å². The molecule has 1 amide bonds. The Morgan fingerprint density at radius 3 is 2.67 bits per heavy atom. The van der Waals surface area contributed by atoms with Gasteiger partial charge in [-0.1, -0.05) is 0 Å². The van der Waals surface area contributed by atoms with Crippen LogP contribution < -0.4 is 10.1 Å². The molecule has 0 saturated carbocycles. The first kappa shape index (κ1) is 13.7. The van der Waals surface area contributed by atoms with Crippen LogP contribution in [0.5, 0.6) is 5.88 Å². The minimum Gasteiger partial charge on any atom is -0.475 e. The van der Waals surface area contributed by atoms with Gasteiger partial charge in [0.25, 0.3) is 5.91 Å². The van der Waals surface area contributed by atoms with E-state index in [-0.39, 0.29) is 12.5 Å². The number of carbonyl (C=O) groups excluding carboxylic acids is 1. The Kier molecular flexibility index (Phi) is 4.08. The Balaban J connectivity index is 0.000000203. The molecule has 1 aromatic heterocycles. The van der Waals surface area contributed by atoms with E-state index in [1.807, 2.05) is 0 Å². The zero-order valence-corrected chi connectivity index (χ0v) is 8.69. The number of rotatable bonds is 0. The van der Waals surface area contributed by atoms with Crippen LogP contribution in [0.1, 0.15) is 0 Å². The van der Waals surface area contributed by atoms with Crippen molar-refractivity contribution < 1.29 is 32.6 Å². The molecule has 0 aromatic carbocycles. The fourth-order valence-electron chi connectivity index (χ4n) is 0.921. The van der Waals surface area contributed by atoms with Crippen molar-refractivity contribution in [3.8, 4) is 5.88 Å². The van der Waals surface area contributed by atoms with Crippen LogP contribution in [0.3, 0.4) is 0 Å². The number of pyridine rings is 1. The lowest BCUT2D eigenvalue weighted by Gasteiger charge is -2.15. The van der Waals surface area contributed by atoms with Gasteiger partial charge in [-0.3, -0.25) is 4.79 Å². The number of anilines is 1. The number of nitrogens with zero attached hydrogens (tertiary/aromatic N) is 1. The van der Waals surface area contributed by atoms with Crippen LogP contribution in [-0.2, 0) is 9.59 Å². The topological polar surface area (TPSA) is 88.5 Å². The first-order chi connectivity index (χ1) is 8.30. The van der Waals surface area contributed by atoms with Crippen LogP contribution in [0.2, 0.25) is 0 Å². The summed E-state index contributed by atoms with van der Waals surface area (Å²) in [5, 5.41) is 9.76. The molecule has 2 N–H and O–H groups in total. The Bertz CT molecular complexity index is 461. The third-order valence-corrected chi connectivity index (χ3v) is 1.63. The Morgan fingerprint density at radius 1 is 1.50 bits per heavy atom. The summed E-state index contributed by atoms with van der Waals surface area (Å²) in [7, 11) is 0. The Morgan fingerprint density at radius 2 is 2.11 bits per heavy atom. The number of amides is 1. The van der Waals surface area contributed by atoms with Crippen molar-refractivity contribution in [1.82, 2.24) is 4.98 Å². The van der Waals surface area contributed by atoms with Crippen molar-refractivity contribution in [1.29, 1.82) is 0 Å². The maximum absolute atomic E-state index is 10.8. The molecule has 1 aliphatic heterocycles. The first-order valence-corrected chi connectivity index (χ1v) is 4.48. The highest BCUT2D eigenvalue weighted by Gasteiger charge is 2.38. The van der Waals surface area contributed by atoms with Crippen LogP contribution in [0.15, 0.2) is 18.3 Å². The molecule has 2 heterocycles. The highest BCUT2D eigenvalue weighted by molar-refractivity contribution is 5.94. The van der Waals surface area contributed by atoms with Crippen LogP contribution in [0, 0.1) is 0 Å². The maximum Gasteiger partial charge on any atom is 0.490 e. The number of alkyl halides is 3. The third-order valence-electron chi connectivity index (χ3n) is 1.63. The van der Waals surface area contributed by atoms with Gasteiger partial charge in [0, 0.05) is 6.20 Å².